The van der Waals surface area contributed by atoms with E-state index in [9.17, 15) is 0 Å². The Morgan fingerprint density at radius 2 is 2.00 bits per heavy atom. The Hall–Kier alpha value is 0.390. The highest BCUT2D eigenvalue weighted by Crippen LogP contribution is 1.66. The van der Waals surface area contributed by atoms with Gasteiger partial charge in [-0.15, -0.1) is 21.6 Å². The first kappa shape index (κ1) is 9.04. The van der Waals surface area contributed by atoms with E-state index in [1.54, 1.807) is 0 Å². The smallest absolute Gasteiger partial charge is 0.123 e. The molecule has 0 radical (unpaired) electrons. The molecule has 3 heteroatoms. The zero-order valence-corrected chi connectivity index (χ0v) is 4.65. The van der Waals surface area contributed by atoms with Gasteiger partial charge < -0.3 is 4.79 Å². The van der Waals surface area contributed by atoms with Gasteiger partial charge >= 0.3 is 0 Å². The summed E-state index contributed by atoms with van der Waals surface area (Å²) in [5, 5.41) is 0. The van der Waals surface area contributed by atoms with Crippen molar-refractivity contribution in [1.29, 1.82) is 0 Å². The predicted molar refractivity (Wildman–Crippen MR) is 27.9 cm³/mol. The molecule has 0 aromatic rings. The molecule has 0 fully saturated rings. The van der Waals surface area contributed by atoms with Crippen molar-refractivity contribution in [2.75, 3.05) is 6.16 Å². The van der Waals surface area contributed by atoms with Crippen LogP contribution in [-0.2, 0) is 4.79 Å². The summed E-state index contributed by atoms with van der Waals surface area (Å²) in [5.74, 6) is 0. The third-order valence-corrected chi connectivity index (χ3v) is 0.289. The van der Waals surface area contributed by atoms with Crippen LogP contribution in [0.3, 0.4) is 0 Å². The molecule has 0 N–H and O–H groups in total. The monoisotopic (exact) mass is 112 g/mol. The van der Waals surface area contributed by atoms with Crippen LogP contribution >= 0.6 is 21.6 Å². The maximum absolute atomic E-state index is 9.15. The molecule has 0 rings (SSSR count). The van der Waals surface area contributed by atoms with Crippen molar-refractivity contribution >= 4 is 27.9 Å². The molecule has 1 unspecified atom stereocenters. The van der Waals surface area contributed by atoms with Crippen molar-refractivity contribution in [2.45, 2.75) is 0 Å². The maximum atomic E-state index is 9.15. The summed E-state index contributed by atoms with van der Waals surface area (Å²) in [4.78, 5) is 9.15. The lowest BCUT2D eigenvalue weighted by atomic mass is 10.9. The number of aldehydes is 1. The summed E-state index contributed by atoms with van der Waals surface area (Å²) in [6.07, 6.45) is 1.39. The molecule has 0 aliphatic heterocycles. The van der Waals surface area contributed by atoms with Gasteiger partial charge in [0.25, 0.3) is 0 Å². The Kier molecular flexibility index (Phi) is 16.0. The lowest BCUT2D eigenvalue weighted by molar-refractivity contribution is -0.105. The quantitative estimate of drug-likeness (QED) is 0.356. The first-order valence-electron chi connectivity index (χ1n) is 1.05. The zero-order chi connectivity index (χ0) is 3.41. The summed E-state index contributed by atoms with van der Waals surface area (Å²) in [6, 6.07) is 0. The zero-order valence-electron chi connectivity index (χ0n) is 2.68. The summed E-state index contributed by atoms with van der Waals surface area (Å²) in [7, 11) is 2.29. The molecular formula is C2H6ClOP. The van der Waals surface area contributed by atoms with E-state index in [1.165, 1.54) is 0 Å². The molecule has 32 valence electrons. The van der Waals surface area contributed by atoms with E-state index in [1.807, 2.05) is 0 Å². The third kappa shape index (κ3) is 13.0. The molecule has 5 heavy (non-hydrogen) atoms. The molecule has 0 spiro atoms. The fourth-order valence-corrected chi connectivity index (χ4v) is 0. The molecule has 0 aromatic heterocycles. The molecule has 0 heterocycles. The molecule has 1 nitrogen and oxygen atoms in total. The Morgan fingerprint density at radius 1 is 1.80 bits per heavy atom. The maximum Gasteiger partial charge on any atom is 0.123 e. The number of carbonyl (C=O) groups is 1. The van der Waals surface area contributed by atoms with E-state index in [2.05, 4.69) is 9.24 Å². The number of hydrogen-bond donors (Lipinski definition) is 0. The molecule has 0 aliphatic carbocycles. The Bertz CT molecular complexity index is 23.6. The lowest BCUT2D eigenvalue weighted by Gasteiger charge is -1.52. The molecule has 1 atom stereocenters. The van der Waals surface area contributed by atoms with Crippen LogP contribution in [0, 0.1) is 0 Å². The number of halogens is 1. The molecule has 0 saturated carbocycles. The fourth-order valence-electron chi connectivity index (χ4n) is 0. The Morgan fingerprint density at radius 3 is 2.00 bits per heavy atom. The van der Waals surface area contributed by atoms with Crippen molar-refractivity contribution in [3.63, 3.8) is 0 Å². The van der Waals surface area contributed by atoms with Gasteiger partial charge in [0, 0.05) is 6.16 Å². The highest BCUT2D eigenvalue weighted by molar-refractivity contribution is 7.17. The van der Waals surface area contributed by atoms with E-state index in [-0.39, 0.29) is 12.4 Å². The van der Waals surface area contributed by atoms with Gasteiger partial charge in [0.05, 0.1) is 0 Å². The standard InChI is InChI=1S/C2H5OP.ClH/c3-1-2-4;/h1H,2,4H2;1H. The van der Waals surface area contributed by atoms with Crippen LogP contribution in [-0.4, -0.2) is 12.4 Å². The van der Waals surface area contributed by atoms with E-state index >= 15 is 0 Å². The van der Waals surface area contributed by atoms with Crippen molar-refractivity contribution < 1.29 is 4.79 Å². The van der Waals surface area contributed by atoms with Gasteiger partial charge in [-0.2, -0.15) is 0 Å². The first-order valence-corrected chi connectivity index (χ1v) is 1.87. The van der Waals surface area contributed by atoms with Gasteiger partial charge in [-0.1, -0.05) is 0 Å². The molecule has 0 amide bonds. The Balaban J connectivity index is 0. The SMILES string of the molecule is Cl.O=CCP. The molecule has 0 saturated heterocycles. The number of hydrogen-bond acceptors (Lipinski definition) is 1. The van der Waals surface area contributed by atoms with Crippen LogP contribution in [0.2, 0.25) is 0 Å². The second kappa shape index (κ2) is 8.83. The highest BCUT2D eigenvalue weighted by atomic mass is 35.5. The van der Waals surface area contributed by atoms with Crippen LogP contribution < -0.4 is 0 Å². The number of rotatable bonds is 1. The van der Waals surface area contributed by atoms with Gasteiger partial charge in [-0.3, -0.25) is 0 Å². The molecule has 0 bridgehead atoms. The second-order valence-electron chi connectivity index (χ2n) is 0.402. The van der Waals surface area contributed by atoms with E-state index in [0.29, 0.717) is 6.16 Å². The van der Waals surface area contributed by atoms with Gasteiger partial charge in [-0.05, 0) is 0 Å². The second-order valence-corrected chi connectivity index (χ2v) is 0.874. The van der Waals surface area contributed by atoms with E-state index in [4.69, 9.17) is 4.79 Å². The minimum Gasteiger partial charge on any atom is -0.303 e. The molecule has 0 aromatic carbocycles. The van der Waals surface area contributed by atoms with Gasteiger partial charge in [-0.25, -0.2) is 0 Å². The van der Waals surface area contributed by atoms with Crippen molar-refractivity contribution in [1.82, 2.24) is 0 Å². The lowest BCUT2D eigenvalue weighted by Crippen LogP contribution is -1.61. The third-order valence-electron chi connectivity index (χ3n) is 0.0962. The van der Waals surface area contributed by atoms with E-state index < -0.39 is 0 Å². The van der Waals surface area contributed by atoms with Crippen LogP contribution in [0.4, 0.5) is 0 Å². The van der Waals surface area contributed by atoms with Gasteiger partial charge in [0.15, 0.2) is 0 Å². The minimum atomic E-state index is 0. The average molecular weight is 112 g/mol. The van der Waals surface area contributed by atoms with Gasteiger partial charge in [0.2, 0.25) is 0 Å². The van der Waals surface area contributed by atoms with Crippen molar-refractivity contribution in [2.24, 2.45) is 0 Å². The van der Waals surface area contributed by atoms with Crippen LogP contribution in [0.5, 0.6) is 0 Å². The van der Waals surface area contributed by atoms with Crippen molar-refractivity contribution in [3.8, 4) is 0 Å². The largest absolute Gasteiger partial charge is 0.303 e. The van der Waals surface area contributed by atoms with E-state index in [0.717, 1.165) is 6.29 Å². The summed E-state index contributed by atoms with van der Waals surface area (Å²) >= 11 is 0. The fraction of sp³-hybridized carbons (Fsp3) is 0.500. The molecule has 0 aliphatic rings. The van der Waals surface area contributed by atoms with Gasteiger partial charge in [0.1, 0.15) is 6.29 Å². The normalized spacial score (nSPS) is 5.00. The minimum absolute atomic E-state index is 0. The Labute approximate surface area is 39.7 Å². The first-order chi connectivity index (χ1) is 1.91. The topological polar surface area (TPSA) is 17.1 Å². The molecular weight excluding hydrogens is 106 g/mol. The van der Waals surface area contributed by atoms with Crippen LogP contribution in [0.15, 0.2) is 0 Å². The summed E-state index contributed by atoms with van der Waals surface area (Å²) in [6.45, 7) is 0. The van der Waals surface area contributed by atoms with Crippen LogP contribution in [0.25, 0.3) is 0 Å². The summed E-state index contributed by atoms with van der Waals surface area (Å²) in [5.41, 5.74) is 0. The number of carbonyl (C=O) groups excluding carboxylic acids is 1. The average Bonchev–Trinajstić information content (AvgIpc) is 1.37. The summed E-state index contributed by atoms with van der Waals surface area (Å²) < 4.78 is 0. The van der Waals surface area contributed by atoms with Crippen molar-refractivity contribution in [3.05, 3.63) is 0 Å². The van der Waals surface area contributed by atoms with Crippen LogP contribution in [0.1, 0.15) is 0 Å². The highest BCUT2D eigenvalue weighted by Gasteiger charge is 1.52. The predicted octanol–water partition coefficient (Wildman–Crippen LogP) is 0.482.